The number of rotatable bonds is 3. The van der Waals surface area contributed by atoms with E-state index < -0.39 is 0 Å². The van der Waals surface area contributed by atoms with Crippen LogP contribution < -0.4 is 4.74 Å². The molecule has 0 radical (unpaired) electrons. The first-order chi connectivity index (χ1) is 7.24. The smallest absolute Gasteiger partial charge is 0.122 e. The Bertz CT molecular complexity index is 455. The van der Waals surface area contributed by atoms with Crippen LogP contribution in [-0.4, -0.2) is 0 Å². The van der Waals surface area contributed by atoms with Crippen molar-refractivity contribution < 1.29 is 4.74 Å². The van der Waals surface area contributed by atoms with Crippen molar-refractivity contribution >= 4 is 49.9 Å². The summed E-state index contributed by atoms with van der Waals surface area (Å²) in [6.45, 7) is 0.635. The van der Waals surface area contributed by atoms with E-state index in [0.29, 0.717) is 6.61 Å². The lowest BCUT2D eigenvalue weighted by molar-refractivity contribution is 0.309. The fraction of sp³-hybridized carbons (Fsp3) is 0.0909. The second kappa shape index (κ2) is 5.32. The maximum absolute atomic E-state index is 5.67. The molecule has 0 unspecified atom stereocenters. The fourth-order valence-electron chi connectivity index (χ4n) is 1.14. The SMILES string of the molecule is Brc1ccc(COc2cccc(I)c2)s1. The van der Waals surface area contributed by atoms with Crippen LogP contribution in [0.15, 0.2) is 40.2 Å². The minimum atomic E-state index is 0.635. The van der Waals surface area contributed by atoms with Gasteiger partial charge in [-0.3, -0.25) is 0 Å². The highest BCUT2D eigenvalue weighted by molar-refractivity contribution is 14.1. The Labute approximate surface area is 115 Å². The first-order valence-corrected chi connectivity index (χ1v) is 7.05. The Hall–Kier alpha value is -0.0700. The van der Waals surface area contributed by atoms with E-state index in [-0.39, 0.29) is 0 Å². The van der Waals surface area contributed by atoms with Crippen molar-refractivity contribution in [2.24, 2.45) is 0 Å². The van der Waals surface area contributed by atoms with Gasteiger partial charge in [0.05, 0.1) is 3.79 Å². The lowest BCUT2D eigenvalue weighted by Gasteiger charge is -2.04. The van der Waals surface area contributed by atoms with Crippen molar-refractivity contribution in [2.75, 3.05) is 0 Å². The predicted octanol–water partition coefficient (Wildman–Crippen LogP) is 4.69. The molecule has 0 fully saturated rings. The van der Waals surface area contributed by atoms with Crippen molar-refractivity contribution in [3.8, 4) is 5.75 Å². The molecule has 15 heavy (non-hydrogen) atoms. The van der Waals surface area contributed by atoms with Gasteiger partial charge >= 0.3 is 0 Å². The lowest BCUT2D eigenvalue weighted by atomic mass is 10.3. The number of thiophene rings is 1. The Balaban J connectivity index is 1.99. The maximum Gasteiger partial charge on any atom is 0.122 e. The molecule has 0 amide bonds. The molecule has 2 aromatic rings. The molecular weight excluding hydrogens is 387 g/mol. The van der Waals surface area contributed by atoms with Gasteiger partial charge in [-0.15, -0.1) is 11.3 Å². The van der Waals surface area contributed by atoms with Gasteiger partial charge in [0.25, 0.3) is 0 Å². The highest BCUT2D eigenvalue weighted by Gasteiger charge is 1.99. The molecule has 0 atom stereocenters. The molecule has 78 valence electrons. The number of hydrogen-bond acceptors (Lipinski definition) is 2. The molecule has 1 heterocycles. The summed E-state index contributed by atoms with van der Waals surface area (Å²) in [6.07, 6.45) is 0. The Morgan fingerprint density at radius 3 is 2.80 bits per heavy atom. The van der Waals surface area contributed by atoms with Crippen LogP contribution in [0.4, 0.5) is 0 Å². The molecular formula is C11H8BrIOS. The third-order valence-electron chi connectivity index (χ3n) is 1.81. The summed E-state index contributed by atoms with van der Waals surface area (Å²) in [5.74, 6) is 0.923. The van der Waals surface area contributed by atoms with Gasteiger partial charge < -0.3 is 4.74 Å². The van der Waals surface area contributed by atoms with E-state index in [2.05, 4.69) is 50.7 Å². The minimum absolute atomic E-state index is 0.635. The van der Waals surface area contributed by atoms with Gasteiger partial charge in [-0.1, -0.05) is 6.07 Å². The summed E-state index contributed by atoms with van der Waals surface area (Å²) in [7, 11) is 0. The predicted molar refractivity (Wildman–Crippen MR) is 75.5 cm³/mol. The summed E-state index contributed by atoms with van der Waals surface area (Å²) >= 11 is 7.41. The Morgan fingerprint density at radius 2 is 2.13 bits per heavy atom. The van der Waals surface area contributed by atoms with E-state index >= 15 is 0 Å². The van der Waals surface area contributed by atoms with E-state index in [9.17, 15) is 0 Å². The summed E-state index contributed by atoms with van der Waals surface area (Å²) in [5.41, 5.74) is 0. The van der Waals surface area contributed by atoms with Crippen LogP contribution in [0.5, 0.6) is 5.75 Å². The van der Waals surface area contributed by atoms with Gasteiger partial charge in [0, 0.05) is 8.45 Å². The summed E-state index contributed by atoms with van der Waals surface area (Å²) in [6, 6.07) is 12.2. The minimum Gasteiger partial charge on any atom is -0.488 e. The van der Waals surface area contributed by atoms with Crippen LogP contribution in [0.25, 0.3) is 0 Å². The Morgan fingerprint density at radius 1 is 1.27 bits per heavy atom. The summed E-state index contributed by atoms with van der Waals surface area (Å²) in [4.78, 5) is 1.22. The average Bonchev–Trinajstić information content (AvgIpc) is 2.62. The number of ether oxygens (including phenoxy) is 1. The zero-order valence-corrected chi connectivity index (χ0v) is 12.3. The number of halogens is 2. The number of benzene rings is 1. The zero-order valence-electron chi connectivity index (χ0n) is 7.74. The van der Waals surface area contributed by atoms with Gasteiger partial charge in [-0.25, -0.2) is 0 Å². The van der Waals surface area contributed by atoms with Crippen molar-refractivity contribution in [3.05, 3.63) is 48.6 Å². The molecule has 2 rings (SSSR count). The molecule has 1 aromatic carbocycles. The van der Waals surface area contributed by atoms with Crippen LogP contribution in [0.2, 0.25) is 0 Å². The molecule has 0 aliphatic carbocycles. The molecule has 0 bridgehead atoms. The van der Waals surface area contributed by atoms with Crippen molar-refractivity contribution in [3.63, 3.8) is 0 Å². The second-order valence-corrected chi connectivity index (χ2v) is 6.75. The molecule has 1 nitrogen and oxygen atoms in total. The average molecular weight is 395 g/mol. The largest absolute Gasteiger partial charge is 0.488 e. The molecule has 4 heteroatoms. The van der Waals surface area contributed by atoms with E-state index in [0.717, 1.165) is 9.54 Å². The molecule has 1 aromatic heterocycles. The molecule has 0 saturated carbocycles. The highest BCUT2D eigenvalue weighted by Crippen LogP contribution is 2.23. The van der Waals surface area contributed by atoms with Gasteiger partial charge in [0.15, 0.2) is 0 Å². The quantitative estimate of drug-likeness (QED) is 0.686. The third-order valence-corrected chi connectivity index (χ3v) is 4.07. The number of hydrogen-bond donors (Lipinski definition) is 0. The summed E-state index contributed by atoms with van der Waals surface area (Å²) < 4.78 is 8.01. The van der Waals surface area contributed by atoms with Crippen molar-refractivity contribution in [1.82, 2.24) is 0 Å². The van der Waals surface area contributed by atoms with Crippen LogP contribution in [0.1, 0.15) is 4.88 Å². The van der Waals surface area contributed by atoms with Crippen LogP contribution in [0.3, 0.4) is 0 Å². The zero-order chi connectivity index (χ0) is 10.7. The van der Waals surface area contributed by atoms with Gasteiger partial charge in [-0.05, 0) is 68.9 Å². The Kier molecular flexibility index (Phi) is 4.05. The second-order valence-electron chi connectivity index (χ2n) is 2.95. The fourth-order valence-corrected chi connectivity index (χ4v) is 3.05. The maximum atomic E-state index is 5.67. The van der Waals surface area contributed by atoms with Crippen LogP contribution >= 0.6 is 49.9 Å². The van der Waals surface area contributed by atoms with Gasteiger partial charge in [0.2, 0.25) is 0 Å². The first-order valence-electron chi connectivity index (χ1n) is 4.36. The molecule has 0 spiro atoms. The monoisotopic (exact) mass is 394 g/mol. The highest BCUT2D eigenvalue weighted by atomic mass is 127. The first kappa shape index (κ1) is 11.4. The van der Waals surface area contributed by atoms with E-state index in [1.165, 1.54) is 8.45 Å². The van der Waals surface area contributed by atoms with Gasteiger partial charge in [0.1, 0.15) is 12.4 Å². The lowest BCUT2D eigenvalue weighted by Crippen LogP contribution is -1.92. The van der Waals surface area contributed by atoms with Crippen molar-refractivity contribution in [2.45, 2.75) is 6.61 Å². The topological polar surface area (TPSA) is 9.23 Å². The molecule has 0 N–H and O–H groups in total. The molecule has 0 aliphatic rings. The molecule has 0 saturated heterocycles. The van der Waals surface area contributed by atoms with Gasteiger partial charge in [-0.2, -0.15) is 0 Å². The van der Waals surface area contributed by atoms with E-state index in [4.69, 9.17) is 4.74 Å². The van der Waals surface area contributed by atoms with E-state index in [1.807, 2.05) is 24.3 Å². The van der Waals surface area contributed by atoms with Crippen LogP contribution in [-0.2, 0) is 6.61 Å². The van der Waals surface area contributed by atoms with Crippen molar-refractivity contribution in [1.29, 1.82) is 0 Å². The van der Waals surface area contributed by atoms with E-state index in [1.54, 1.807) is 11.3 Å². The normalized spacial score (nSPS) is 10.3. The molecule has 0 aliphatic heterocycles. The summed E-state index contributed by atoms with van der Waals surface area (Å²) in [5, 5.41) is 0. The third kappa shape index (κ3) is 3.46. The van der Waals surface area contributed by atoms with Crippen LogP contribution in [0, 0.1) is 3.57 Å². The standard InChI is InChI=1S/C11H8BrIOS/c12-11-5-4-10(15-11)7-14-9-3-1-2-8(13)6-9/h1-6H,7H2.